The lowest BCUT2D eigenvalue weighted by Gasteiger charge is -2.27. The molecule has 0 bridgehead atoms. The van der Waals surface area contributed by atoms with E-state index in [0.29, 0.717) is 0 Å². The Hall–Kier alpha value is -3.58. The molecule has 0 spiro atoms. The van der Waals surface area contributed by atoms with E-state index in [-0.39, 0.29) is 67.7 Å². The molecule has 1 aliphatic carbocycles. The van der Waals surface area contributed by atoms with Crippen LogP contribution in [0, 0.1) is 0 Å². The normalized spacial score (nSPS) is 14.1. The number of fused-ring (bicyclic) bond motifs is 4. The number of anilines is 3. The molecule has 0 saturated heterocycles. The second-order valence-electron chi connectivity index (χ2n) is 11.5. The van der Waals surface area contributed by atoms with Gasteiger partial charge in [0.05, 0.1) is 59.6 Å². The molecule has 0 amide bonds. The number of hydrogen-bond donors (Lipinski definition) is 6. The molecule has 0 radical (unpaired) electrons. The van der Waals surface area contributed by atoms with Crippen LogP contribution in [0.4, 0.5) is 17.1 Å². The summed E-state index contributed by atoms with van der Waals surface area (Å²) in [6, 6.07) is 4.13. The molecular weight excluding hydrogens is 984 g/mol. The van der Waals surface area contributed by atoms with Gasteiger partial charge in [-0.05, 0) is 12.1 Å². The van der Waals surface area contributed by atoms with E-state index in [1.807, 2.05) is 0 Å². The molecule has 3 aliphatic rings. The van der Waals surface area contributed by atoms with E-state index in [4.69, 9.17) is 50.6 Å². The first-order chi connectivity index (χ1) is 27.5. The van der Waals surface area contributed by atoms with Crippen molar-refractivity contribution in [3.63, 3.8) is 0 Å². The summed E-state index contributed by atoms with van der Waals surface area (Å²) in [7, 11) is -29.0. The maximum Gasteiger partial charge on any atom is 0.397 e. The molecule has 0 atom stereocenters. The average molecular weight is 1010 g/mol. The van der Waals surface area contributed by atoms with Crippen LogP contribution < -0.4 is 20.7 Å². The smallest absolute Gasteiger partial charge is 0.397 e. The monoisotopic (exact) mass is 1010 g/mol. The van der Waals surface area contributed by atoms with Crippen molar-refractivity contribution < 1.29 is 94.6 Å². The lowest BCUT2D eigenvalue weighted by Crippen LogP contribution is -2.23. The van der Waals surface area contributed by atoms with Gasteiger partial charge in [-0.25, -0.2) is 38.6 Å². The van der Waals surface area contributed by atoms with E-state index < -0.39 is 121 Å². The van der Waals surface area contributed by atoms with Crippen LogP contribution in [0.15, 0.2) is 43.5 Å². The number of nitrogens with zero attached hydrogens (tertiary/aromatic N) is 2. The molecular formula is C26H26Cl2N4O22S6. The van der Waals surface area contributed by atoms with E-state index in [9.17, 15) is 50.5 Å². The van der Waals surface area contributed by atoms with Gasteiger partial charge in [-0.1, -0.05) is 23.2 Å². The highest BCUT2D eigenvalue weighted by molar-refractivity contribution is 7.92. The molecule has 5 rings (SSSR count). The maximum atomic E-state index is 13.6. The summed E-state index contributed by atoms with van der Waals surface area (Å²) in [4.78, 5) is 7.10. The lowest BCUT2D eigenvalue weighted by molar-refractivity contribution is 0.274. The SMILES string of the molecule is O=S(=O)(O)OCCN=c1cc2oc3c(Cl)c4c(c(Cl)c3nc-2cc1S(=O)(=O)CCOS(=O)(=O)O)Oc1cc(NCCOS(=O)(=O)O)cc(S(=O)(=O)CCOS(=O)(=O)O)c1N4. The minimum atomic E-state index is -5.06. The van der Waals surface area contributed by atoms with Crippen molar-refractivity contribution >= 4 is 113 Å². The molecule has 0 saturated carbocycles. The van der Waals surface area contributed by atoms with Gasteiger partial charge >= 0.3 is 41.6 Å². The fourth-order valence-corrected chi connectivity index (χ4v) is 9.54. The fourth-order valence-electron chi connectivity index (χ4n) is 5.09. The fraction of sp³-hybridized carbons (Fsp3) is 0.308. The molecule has 0 unspecified atom stereocenters. The Kier molecular flexibility index (Phi) is 14.0. The van der Waals surface area contributed by atoms with E-state index in [2.05, 4.69) is 37.3 Å². The summed E-state index contributed by atoms with van der Waals surface area (Å²) in [6.07, 6.45) is 0. The second-order valence-corrected chi connectivity index (χ2v) is 20.8. The number of hydrogen-bond acceptors (Lipinski definition) is 22. The predicted molar refractivity (Wildman–Crippen MR) is 203 cm³/mol. The largest absolute Gasteiger partial charge is 0.451 e. The Morgan fingerprint density at radius 2 is 1.23 bits per heavy atom. The number of sulfone groups is 2. The Morgan fingerprint density at radius 3 is 1.82 bits per heavy atom. The average Bonchev–Trinajstić information content (AvgIpc) is 3.10. The number of benzene rings is 3. The summed E-state index contributed by atoms with van der Waals surface area (Å²) in [5.41, 5.74) is -1.49. The third kappa shape index (κ3) is 12.3. The summed E-state index contributed by atoms with van der Waals surface area (Å²) in [5, 5.41) is 4.24. The summed E-state index contributed by atoms with van der Waals surface area (Å²) in [6.45, 7) is -4.46. The Balaban J connectivity index is 1.64. The third-order valence-corrected chi connectivity index (χ3v) is 13.4. The molecule has 2 aliphatic heterocycles. The Labute approximate surface area is 349 Å². The topological polar surface area (TPSA) is 394 Å². The highest BCUT2D eigenvalue weighted by Gasteiger charge is 2.33. The van der Waals surface area contributed by atoms with Gasteiger partial charge in [-0.3, -0.25) is 23.2 Å². The van der Waals surface area contributed by atoms with E-state index in [1.54, 1.807) is 0 Å². The standard InChI is InChI=1S/C26H26Cl2N4O22S6/c27-20-23-25(53-16-11-15(30-2-4-50-58(40,41)42)18(12-14(16)31-23)55(33,34)7-5-51-59(43,44)45)21(28)24-26(20)54-17-9-13(29-1-3-49-57(37,38)39)10-19(22(17)32-24)56(35,36)8-6-52-60(46,47)48/h9-12,29,32H,1-8H2,(H,37,38,39)(H,40,41,42)(H,43,44,45)(H,46,47,48). The highest BCUT2D eigenvalue weighted by Crippen LogP contribution is 2.54. The number of ether oxygens (including phenoxy) is 1. The first-order valence-electron chi connectivity index (χ1n) is 15.6. The van der Waals surface area contributed by atoms with Crippen LogP contribution in [0.25, 0.3) is 22.6 Å². The first kappa shape index (κ1) is 47.5. The summed E-state index contributed by atoms with van der Waals surface area (Å²) < 4.78 is 206. The zero-order valence-corrected chi connectivity index (χ0v) is 35.6. The van der Waals surface area contributed by atoms with Crippen LogP contribution in [0.3, 0.4) is 0 Å². The molecule has 6 N–H and O–H groups in total. The van der Waals surface area contributed by atoms with Gasteiger partial charge < -0.3 is 19.8 Å². The van der Waals surface area contributed by atoms with Crippen molar-refractivity contribution in [1.82, 2.24) is 4.98 Å². The molecule has 2 aromatic carbocycles. The summed E-state index contributed by atoms with van der Waals surface area (Å²) >= 11 is 13.5. The third-order valence-electron chi connectivity index (χ3n) is 7.39. The quantitative estimate of drug-likeness (QED) is 0.0385. The summed E-state index contributed by atoms with van der Waals surface area (Å²) in [5.74, 6) is -2.95. The number of nitrogens with one attached hydrogen (secondary N) is 2. The van der Waals surface area contributed by atoms with Gasteiger partial charge in [0.15, 0.2) is 42.5 Å². The van der Waals surface area contributed by atoms with Crippen molar-refractivity contribution in [3.8, 4) is 23.0 Å². The van der Waals surface area contributed by atoms with E-state index >= 15 is 0 Å². The van der Waals surface area contributed by atoms with E-state index in [1.165, 1.54) is 6.07 Å². The molecule has 2 heterocycles. The van der Waals surface area contributed by atoms with Gasteiger partial charge in [-0.15, -0.1) is 0 Å². The molecule has 0 fully saturated rings. The van der Waals surface area contributed by atoms with Crippen LogP contribution in [0.5, 0.6) is 11.5 Å². The minimum absolute atomic E-state index is 0.0733. The van der Waals surface area contributed by atoms with Gasteiger partial charge in [0.1, 0.15) is 32.6 Å². The van der Waals surface area contributed by atoms with Crippen LogP contribution >= 0.6 is 23.2 Å². The van der Waals surface area contributed by atoms with Crippen LogP contribution in [0.1, 0.15) is 0 Å². The number of rotatable bonds is 19. The van der Waals surface area contributed by atoms with Crippen molar-refractivity contribution in [3.05, 3.63) is 39.7 Å². The maximum absolute atomic E-state index is 13.6. The van der Waals surface area contributed by atoms with Crippen molar-refractivity contribution in [2.45, 2.75) is 9.79 Å². The van der Waals surface area contributed by atoms with E-state index in [0.717, 1.165) is 18.2 Å². The number of aromatic nitrogens is 1. The highest BCUT2D eigenvalue weighted by atomic mass is 35.5. The predicted octanol–water partition coefficient (Wildman–Crippen LogP) is 1.23. The zero-order valence-electron chi connectivity index (χ0n) is 29.2. The lowest BCUT2D eigenvalue weighted by atomic mass is 10.1. The molecule has 26 nitrogen and oxygen atoms in total. The molecule has 2 aromatic rings. The van der Waals surface area contributed by atoms with Crippen molar-refractivity contribution in [2.75, 3.05) is 61.7 Å². The van der Waals surface area contributed by atoms with Gasteiger partial charge in [0.25, 0.3) is 0 Å². The molecule has 0 aromatic heterocycles. The van der Waals surface area contributed by atoms with Gasteiger partial charge in [0.2, 0.25) is 0 Å². The van der Waals surface area contributed by atoms with Gasteiger partial charge in [-0.2, -0.15) is 33.7 Å². The van der Waals surface area contributed by atoms with Crippen molar-refractivity contribution in [2.24, 2.45) is 4.99 Å². The zero-order chi connectivity index (χ0) is 44.6. The van der Waals surface area contributed by atoms with Crippen LogP contribution in [0.2, 0.25) is 10.0 Å². The Bertz CT molecular complexity index is 3090. The van der Waals surface area contributed by atoms with Gasteiger partial charge in [0, 0.05) is 24.4 Å². The molecule has 34 heteroatoms. The Morgan fingerprint density at radius 1 is 0.683 bits per heavy atom. The first-order valence-corrected chi connectivity index (χ1v) is 25.2. The molecule has 60 heavy (non-hydrogen) atoms. The number of halogens is 2. The van der Waals surface area contributed by atoms with Crippen molar-refractivity contribution in [1.29, 1.82) is 0 Å². The second kappa shape index (κ2) is 17.7. The minimum Gasteiger partial charge on any atom is -0.451 e. The van der Waals surface area contributed by atoms with Crippen LogP contribution in [-0.4, -0.2) is 125 Å². The molecule has 332 valence electrons. The van der Waals surface area contributed by atoms with Crippen LogP contribution in [-0.2, 0) is 78.0 Å².